The summed E-state index contributed by atoms with van der Waals surface area (Å²) in [6.07, 6.45) is 1.97. The van der Waals surface area contributed by atoms with E-state index >= 15 is 0 Å². The molecule has 0 heterocycles. The Morgan fingerprint density at radius 1 is 1.24 bits per heavy atom. The zero-order valence-electron chi connectivity index (χ0n) is 9.46. The van der Waals surface area contributed by atoms with Crippen molar-refractivity contribution in [3.8, 4) is 0 Å². The van der Waals surface area contributed by atoms with Gasteiger partial charge in [-0.05, 0) is 18.6 Å². The van der Waals surface area contributed by atoms with Crippen molar-refractivity contribution in [3.05, 3.63) is 35.9 Å². The fourth-order valence-electron chi connectivity index (χ4n) is 0.967. The Labute approximate surface area is 120 Å². The zero-order valence-corrected chi connectivity index (χ0v) is 13.3. The molecular weight excluding hydrogens is 318 g/mol. The van der Waals surface area contributed by atoms with Crippen molar-refractivity contribution < 1.29 is 24.2 Å². The maximum atomic E-state index is 11.3. The standard InChI is InChI=1S/C11H14O2.3ClH.Ti/c1-2-3-9-13-11(12)10-7-5-4-6-8-10;;;;/h4-8H,2-3,9H2,1H3;3*1H;/q;;;;+3/p-3. The summed E-state index contributed by atoms with van der Waals surface area (Å²) >= 11 is -1.92. The Morgan fingerprint density at radius 3 is 2.24 bits per heavy atom. The van der Waals surface area contributed by atoms with Gasteiger partial charge in [0.15, 0.2) is 0 Å². The van der Waals surface area contributed by atoms with Gasteiger partial charge in [-0.25, -0.2) is 4.79 Å². The van der Waals surface area contributed by atoms with Gasteiger partial charge in [-0.15, -0.1) is 0 Å². The number of carbonyl (C=O) groups excluding carboxylic acids is 1. The van der Waals surface area contributed by atoms with Crippen LogP contribution in [0.25, 0.3) is 0 Å². The van der Waals surface area contributed by atoms with Gasteiger partial charge in [-0.1, -0.05) is 31.5 Å². The average molecular weight is 332 g/mol. The van der Waals surface area contributed by atoms with Gasteiger partial charge in [0.2, 0.25) is 0 Å². The van der Waals surface area contributed by atoms with Crippen LogP contribution in [0.5, 0.6) is 0 Å². The van der Waals surface area contributed by atoms with Crippen LogP contribution in [0, 0.1) is 0 Å². The van der Waals surface area contributed by atoms with E-state index in [1.54, 1.807) is 12.1 Å². The molecule has 0 unspecified atom stereocenters. The molecule has 0 aliphatic carbocycles. The van der Waals surface area contributed by atoms with E-state index in [0.29, 0.717) is 12.2 Å². The molecule has 0 atom stereocenters. The zero-order chi connectivity index (χ0) is 13.1. The van der Waals surface area contributed by atoms with E-state index in [4.69, 9.17) is 32.7 Å². The molecule has 0 radical (unpaired) electrons. The number of esters is 1. The molecule has 2 nitrogen and oxygen atoms in total. The number of benzene rings is 1. The predicted molar refractivity (Wildman–Crippen MR) is 69.2 cm³/mol. The third-order valence-electron chi connectivity index (χ3n) is 1.74. The van der Waals surface area contributed by atoms with Crippen LogP contribution < -0.4 is 0 Å². The minimum absolute atomic E-state index is 0.228. The minimum atomic E-state index is -1.92. The molecule has 0 aromatic heterocycles. The van der Waals surface area contributed by atoms with Gasteiger partial charge in [0.05, 0.1) is 12.2 Å². The Balaban J connectivity index is 0.000000557. The topological polar surface area (TPSA) is 26.3 Å². The fourth-order valence-corrected chi connectivity index (χ4v) is 0.967. The second-order valence-electron chi connectivity index (χ2n) is 3.07. The van der Waals surface area contributed by atoms with Crippen LogP contribution in [-0.4, -0.2) is 12.6 Å². The monoisotopic (exact) mass is 331 g/mol. The van der Waals surface area contributed by atoms with Crippen LogP contribution >= 0.6 is 27.9 Å². The van der Waals surface area contributed by atoms with Gasteiger partial charge in [0.1, 0.15) is 0 Å². The molecule has 0 aliphatic rings. The number of carbonyl (C=O) groups is 1. The first-order valence-electron chi connectivity index (χ1n) is 5.13. The van der Waals surface area contributed by atoms with E-state index < -0.39 is 14.7 Å². The molecule has 95 valence electrons. The molecule has 0 saturated heterocycles. The molecule has 17 heavy (non-hydrogen) atoms. The van der Waals surface area contributed by atoms with E-state index in [-0.39, 0.29) is 5.97 Å². The molecule has 0 amide bonds. The summed E-state index contributed by atoms with van der Waals surface area (Å²) in [6.45, 7) is 2.58. The average Bonchev–Trinajstić information content (AvgIpc) is 2.30. The fraction of sp³-hybridized carbons (Fsp3) is 0.364. The molecule has 0 spiro atoms. The first-order valence-corrected chi connectivity index (χ1v) is 11.6. The van der Waals surface area contributed by atoms with Crippen molar-refractivity contribution >= 4 is 33.9 Å². The molecule has 0 saturated carbocycles. The van der Waals surface area contributed by atoms with Crippen molar-refractivity contribution in [2.45, 2.75) is 19.8 Å². The molecule has 0 bridgehead atoms. The Bertz CT molecular complexity index is 304. The van der Waals surface area contributed by atoms with Gasteiger partial charge in [-0.2, -0.15) is 0 Å². The van der Waals surface area contributed by atoms with Gasteiger partial charge in [0, 0.05) is 0 Å². The van der Waals surface area contributed by atoms with Crippen molar-refractivity contribution in [2.75, 3.05) is 6.61 Å². The van der Waals surface area contributed by atoms with Crippen LogP contribution in [-0.2, 0) is 19.4 Å². The van der Waals surface area contributed by atoms with Crippen molar-refractivity contribution in [1.29, 1.82) is 0 Å². The number of ether oxygens (including phenoxy) is 1. The Kier molecular flexibility index (Phi) is 11.6. The third kappa shape index (κ3) is 11.1. The van der Waals surface area contributed by atoms with E-state index in [0.717, 1.165) is 12.8 Å². The van der Waals surface area contributed by atoms with Gasteiger partial charge in [0.25, 0.3) is 0 Å². The molecule has 0 fully saturated rings. The normalized spacial score (nSPS) is 8.94. The van der Waals surface area contributed by atoms with E-state index in [9.17, 15) is 4.79 Å². The van der Waals surface area contributed by atoms with Crippen LogP contribution in [0.15, 0.2) is 30.3 Å². The van der Waals surface area contributed by atoms with Crippen LogP contribution in [0.2, 0.25) is 0 Å². The number of rotatable bonds is 4. The summed E-state index contributed by atoms with van der Waals surface area (Å²) in [6, 6.07) is 9.05. The third-order valence-corrected chi connectivity index (χ3v) is 1.74. The Morgan fingerprint density at radius 2 is 1.76 bits per heavy atom. The first-order chi connectivity index (χ1) is 8.07. The second kappa shape index (κ2) is 11.4. The Hall–Kier alpha value is 0.274. The summed E-state index contributed by atoms with van der Waals surface area (Å²) in [7, 11) is 14.9. The van der Waals surface area contributed by atoms with Crippen molar-refractivity contribution in [3.63, 3.8) is 0 Å². The van der Waals surface area contributed by atoms with E-state index in [1.807, 2.05) is 18.2 Å². The summed E-state index contributed by atoms with van der Waals surface area (Å²) in [5.74, 6) is -0.228. The van der Waals surface area contributed by atoms with Gasteiger partial charge >= 0.3 is 48.6 Å². The molecule has 1 aromatic rings. The summed E-state index contributed by atoms with van der Waals surface area (Å²) in [5.41, 5.74) is 0.624. The number of hydrogen-bond acceptors (Lipinski definition) is 2. The maximum absolute atomic E-state index is 11.3. The van der Waals surface area contributed by atoms with Gasteiger partial charge in [-0.3, -0.25) is 0 Å². The molecule has 1 aromatic carbocycles. The van der Waals surface area contributed by atoms with Crippen LogP contribution in [0.1, 0.15) is 30.1 Å². The predicted octanol–water partition coefficient (Wildman–Crippen LogP) is 4.71. The van der Waals surface area contributed by atoms with Crippen molar-refractivity contribution in [2.24, 2.45) is 0 Å². The van der Waals surface area contributed by atoms with Crippen LogP contribution in [0.3, 0.4) is 0 Å². The molecule has 0 N–H and O–H groups in total. The SMILES string of the molecule is CCCCOC(=O)c1ccccc1.[Cl][Ti]([Cl])[Cl]. The van der Waals surface area contributed by atoms with Crippen molar-refractivity contribution in [1.82, 2.24) is 0 Å². The number of unbranched alkanes of at least 4 members (excludes halogenated alkanes) is 1. The van der Waals surface area contributed by atoms with E-state index in [2.05, 4.69) is 6.92 Å². The summed E-state index contributed by atoms with van der Waals surface area (Å²) in [5, 5.41) is 0. The van der Waals surface area contributed by atoms with Crippen LogP contribution in [0.4, 0.5) is 0 Å². The van der Waals surface area contributed by atoms with Gasteiger partial charge < -0.3 is 4.74 Å². The first kappa shape index (κ1) is 17.3. The second-order valence-corrected chi connectivity index (χ2v) is 10.8. The summed E-state index contributed by atoms with van der Waals surface area (Å²) in [4.78, 5) is 11.3. The quantitative estimate of drug-likeness (QED) is 0.453. The number of hydrogen-bond donors (Lipinski definition) is 0. The molecular formula is C11H14Cl3O2Ti. The van der Waals surface area contributed by atoms with E-state index in [1.165, 1.54) is 0 Å². The summed E-state index contributed by atoms with van der Waals surface area (Å²) < 4.78 is 5.03. The molecule has 0 aliphatic heterocycles. The molecule has 6 heteroatoms. The molecule has 1 rings (SSSR count). The number of halogens is 3.